The fourth-order valence-corrected chi connectivity index (χ4v) is 2.70. The summed E-state index contributed by atoms with van der Waals surface area (Å²) in [5.41, 5.74) is 1.31. The van der Waals surface area contributed by atoms with Gasteiger partial charge in [-0.1, -0.05) is 25.9 Å². The van der Waals surface area contributed by atoms with E-state index in [1.165, 1.54) is 18.4 Å². The Morgan fingerprint density at radius 2 is 2.24 bits per heavy atom. The highest BCUT2D eigenvalue weighted by Crippen LogP contribution is 2.38. The molecule has 0 saturated heterocycles. The summed E-state index contributed by atoms with van der Waals surface area (Å²) in [6, 6.07) is 2.56. The van der Waals surface area contributed by atoms with Crippen molar-refractivity contribution in [3.8, 4) is 0 Å². The van der Waals surface area contributed by atoms with E-state index in [0.717, 1.165) is 12.4 Å². The molecule has 114 valence electrons. The van der Waals surface area contributed by atoms with Gasteiger partial charge >= 0.3 is 0 Å². The Labute approximate surface area is 125 Å². The summed E-state index contributed by atoms with van der Waals surface area (Å²) in [7, 11) is 0. The molecule has 1 atom stereocenters. The molecule has 0 aromatic carbocycles. The fraction of sp³-hybridized carbons (Fsp3) is 0.625. The Hall–Kier alpha value is -1.62. The van der Waals surface area contributed by atoms with Gasteiger partial charge in [0.15, 0.2) is 5.82 Å². The number of rotatable bonds is 7. The van der Waals surface area contributed by atoms with E-state index in [4.69, 9.17) is 4.52 Å². The summed E-state index contributed by atoms with van der Waals surface area (Å²) in [5.74, 6) is 2.68. The third kappa shape index (κ3) is 3.35. The van der Waals surface area contributed by atoms with Gasteiger partial charge in [0.05, 0.1) is 0 Å². The van der Waals surface area contributed by atoms with E-state index in [9.17, 15) is 0 Å². The first kappa shape index (κ1) is 14.3. The molecule has 0 aliphatic heterocycles. The van der Waals surface area contributed by atoms with Gasteiger partial charge in [0.25, 0.3) is 0 Å². The maximum absolute atomic E-state index is 5.34. The van der Waals surface area contributed by atoms with Crippen LogP contribution in [-0.2, 0) is 6.54 Å². The van der Waals surface area contributed by atoms with E-state index >= 15 is 0 Å². The number of nitrogens with one attached hydrogen (secondary N) is 1. The molecule has 0 spiro atoms. The molecule has 1 saturated carbocycles. The predicted octanol–water partition coefficient (Wildman–Crippen LogP) is 3.10. The van der Waals surface area contributed by atoms with Crippen LogP contribution in [0.1, 0.15) is 62.9 Å². The van der Waals surface area contributed by atoms with Crippen LogP contribution < -0.4 is 5.32 Å². The zero-order valence-corrected chi connectivity index (χ0v) is 13.0. The Bertz CT molecular complexity index is 583. The molecule has 5 heteroatoms. The van der Waals surface area contributed by atoms with Crippen LogP contribution in [-0.4, -0.2) is 21.3 Å². The molecule has 1 fully saturated rings. The van der Waals surface area contributed by atoms with Crippen LogP contribution in [0, 0.1) is 5.92 Å². The Kier molecular flexibility index (Phi) is 4.10. The smallest absolute Gasteiger partial charge is 0.246 e. The maximum Gasteiger partial charge on any atom is 0.246 e. The molecule has 1 N–H and O–H groups in total. The molecule has 2 heterocycles. The zero-order valence-electron chi connectivity index (χ0n) is 13.0. The van der Waals surface area contributed by atoms with Crippen molar-refractivity contribution in [3.05, 3.63) is 35.7 Å². The summed E-state index contributed by atoms with van der Waals surface area (Å²) in [6.07, 6.45) is 6.66. The van der Waals surface area contributed by atoms with E-state index in [-0.39, 0.29) is 0 Å². The molecular formula is C16H24N4O. The van der Waals surface area contributed by atoms with Gasteiger partial charge in [0.2, 0.25) is 5.89 Å². The van der Waals surface area contributed by atoms with Crippen molar-refractivity contribution < 1.29 is 4.52 Å². The van der Waals surface area contributed by atoms with Crippen LogP contribution in [0.3, 0.4) is 0 Å². The molecule has 1 unspecified atom stereocenters. The lowest BCUT2D eigenvalue weighted by Crippen LogP contribution is -2.25. The molecule has 0 amide bonds. The van der Waals surface area contributed by atoms with Gasteiger partial charge in [-0.2, -0.15) is 4.98 Å². The van der Waals surface area contributed by atoms with Crippen molar-refractivity contribution >= 4 is 0 Å². The highest BCUT2D eigenvalue weighted by molar-refractivity contribution is 5.17. The second-order valence-corrected chi connectivity index (χ2v) is 6.22. The minimum absolute atomic E-state index is 0.390. The molecule has 1 aliphatic rings. The highest BCUT2D eigenvalue weighted by Gasteiger charge is 2.28. The summed E-state index contributed by atoms with van der Waals surface area (Å²) in [5, 5.41) is 7.60. The first-order chi connectivity index (χ1) is 10.2. The van der Waals surface area contributed by atoms with Crippen molar-refractivity contribution in [1.82, 2.24) is 20.0 Å². The van der Waals surface area contributed by atoms with Crippen LogP contribution >= 0.6 is 0 Å². The molecule has 1 aliphatic carbocycles. The average Bonchev–Trinajstić information content (AvgIpc) is 3.03. The van der Waals surface area contributed by atoms with Crippen molar-refractivity contribution in [1.29, 1.82) is 0 Å². The van der Waals surface area contributed by atoms with E-state index < -0.39 is 0 Å². The number of hydrogen-bond donors (Lipinski definition) is 1. The molecule has 2 aromatic rings. The zero-order chi connectivity index (χ0) is 14.8. The third-order valence-electron chi connectivity index (χ3n) is 3.97. The van der Waals surface area contributed by atoms with Crippen LogP contribution in [0.15, 0.2) is 23.0 Å². The van der Waals surface area contributed by atoms with Crippen molar-refractivity contribution in [2.24, 2.45) is 5.92 Å². The number of aromatic nitrogens is 3. The van der Waals surface area contributed by atoms with Gasteiger partial charge in [-0.25, -0.2) is 0 Å². The lowest BCUT2D eigenvalue weighted by atomic mass is 9.98. The molecular weight excluding hydrogens is 264 g/mol. The first-order valence-corrected chi connectivity index (χ1v) is 7.89. The van der Waals surface area contributed by atoms with Gasteiger partial charge in [-0.05, 0) is 36.9 Å². The lowest BCUT2D eigenvalue weighted by Gasteiger charge is -2.20. The molecule has 5 nitrogen and oxygen atoms in total. The van der Waals surface area contributed by atoms with Gasteiger partial charge in [-0.15, -0.1) is 0 Å². The van der Waals surface area contributed by atoms with E-state index in [0.29, 0.717) is 30.3 Å². The predicted molar refractivity (Wildman–Crippen MR) is 81.1 cm³/mol. The molecule has 0 radical (unpaired) electrons. The van der Waals surface area contributed by atoms with Crippen LogP contribution in [0.25, 0.3) is 0 Å². The second-order valence-electron chi connectivity index (χ2n) is 6.22. The maximum atomic E-state index is 5.34. The molecule has 0 bridgehead atoms. The van der Waals surface area contributed by atoms with Gasteiger partial charge in [0.1, 0.15) is 6.54 Å². The van der Waals surface area contributed by atoms with Crippen LogP contribution in [0.2, 0.25) is 0 Å². The minimum Gasteiger partial charge on any atom is -0.345 e. The molecule has 3 rings (SSSR count). The van der Waals surface area contributed by atoms with Crippen LogP contribution in [0.5, 0.6) is 0 Å². The van der Waals surface area contributed by atoms with Crippen molar-refractivity contribution in [3.63, 3.8) is 0 Å². The fourth-order valence-electron chi connectivity index (χ4n) is 2.70. The third-order valence-corrected chi connectivity index (χ3v) is 3.97. The number of hydrogen-bond acceptors (Lipinski definition) is 4. The monoisotopic (exact) mass is 288 g/mol. The summed E-state index contributed by atoms with van der Waals surface area (Å²) < 4.78 is 7.45. The van der Waals surface area contributed by atoms with Gasteiger partial charge < -0.3 is 14.4 Å². The SMILES string of the molecule is CCNC(c1ccn(Cc2nc(C3CC3)no2)c1)C(C)C. The van der Waals surface area contributed by atoms with Crippen LogP contribution in [0.4, 0.5) is 0 Å². The summed E-state index contributed by atoms with van der Waals surface area (Å²) in [4.78, 5) is 4.48. The Morgan fingerprint density at radius 3 is 2.90 bits per heavy atom. The highest BCUT2D eigenvalue weighted by atomic mass is 16.5. The average molecular weight is 288 g/mol. The summed E-state index contributed by atoms with van der Waals surface area (Å²) >= 11 is 0. The largest absolute Gasteiger partial charge is 0.345 e. The van der Waals surface area contributed by atoms with Gasteiger partial charge in [-0.3, -0.25) is 0 Å². The quantitative estimate of drug-likeness (QED) is 0.850. The van der Waals surface area contributed by atoms with E-state index in [1.54, 1.807) is 0 Å². The van der Waals surface area contributed by atoms with E-state index in [1.807, 2.05) is 0 Å². The second kappa shape index (κ2) is 6.02. The standard InChI is InChI=1S/C16H24N4O/c1-4-17-15(11(2)3)13-7-8-20(9-13)10-14-18-16(19-21-14)12-5-6-12/h7-9,11-12,15,17H,4-6,10H2,1-3H3. The topological polar surface area (TPSA) is 55.9 Å². The number of nitrogens with zero attached hydrogens (tertiary/aromatic N) is 3. The normalized spacial score (nSPS) is 16.6. The first-order valence-electron chi connectivity index (χ1n) is 7.89. The summed E-state index contributed by atoms with van der Waals surface area (Å²) in [6.45, 7) is 8.25. The Morgan fingerprint density at radius 1 is 1.43 bits per heavy atom. The van der Waals surface area contributed by atoms with Crippen molar-refractivity contribution in [2.75, 3.05) is 6.54 Å². The van der Waals surface area contributed by atoms with E-state index in [2.05, 4.69) is 59.3 Å². The van der Waals surface area contributed by atoms with Gasteiger partial charge in [0, 0.05) is 24.4 Å². The molecule has 2 aromatic heterocycles. The Balaban J connectivity index is 1.68. The minimum atomic E-state index is 0.390. The molecule has 21 heavy (non-hydrogen) atoms. The lowest BCUT2D eigenvalue weighted by molar-refractivity contribution is 0.366. The van der Waals surface area contributed by atoms with Crippen molar-refractivity contribution in [2.45, 2.75) is 52.1 Å².